The quantitative estimate of drug-likeness (QED) is 0.811. The Morgan fingerprint density at radius 3 is 2.94 bits per heavy atom. The van der Waals surface area contributed by atoms with Crippen LogP contribution in [-0.2, 0) is 4.74 Å². The molecule has 0 aliphatic heterocycles. The van der Waals surface area contributed by atoms with Crippen LogP contribution >= 0.6 is 11.5 Å². The lowest BCUT2D eigenvalue weighted by Gasteiger charge is -2.14. The lowest BCUT2D eigenvalue weighted by atomic mass is 10.0. The Bertz CT molecular complexity index is 385. The van der Waals surface area contributed by atoms with Crippen LogP contribution in [0.15, 0.2) is 0 Å². The fourth-order valence-electron chi connectivity index (χ4n) is 2.09. The second-order valence-electron chi connectivity index (χ2n) is 5.33. The summed E-state index contributed by atoms with van der Waals surface area (Å²) in [5, 5.41) is 4.44. The molecule has 4 nitrogen and oxygen atoms in total. The Kier molecular flexibility index (Phi) is 3.04. The van der Waals surface area contributed by atoms with Crippen molar-refractivity contribution in [1.29, 1.82) is 0 Å². The molecule has 2 saturated carbocycles. The summed E-state index contributed by atoms with van der Waals surface area (Å²) in [5.74, 6) is 1.71. The van der Waals surface area contributed by atoms with Crippen molar-refractivity contribution in [3.8, 4) is 0 Å². The summed E-state index contributed by atoms with van der Waals surface area (Å²) in [4.78, 5) is 4.55. The minimum atomic E-state index is 0.474. The van der Waals surface area contributed by atoms with Gasteiger partial charge in [-0.15, -0.1) is 0 Å². The highest BCUT2D eigenvalue weighted by Crippen LogP contribution is 2.48. The van der Waals surface area contributed by atoms with Gasteiger partial charge in [0.25, 0.3) is 0 Å². The van der Waals surface area contributed by atoms with E-state index in [0.717, 1.165) is 30.5 Å². The number of hydrogen-bond acceptors (Lipinski definition) is 5. The fraction of sp³-hybridized carbons (Fsp3) is 0.833. The summed E-state index contributed by atoms with van der Waals surface area (Å²) < 4.78 is 9.57. The zero-order valence-electron chi connectivity index (χ0n) is 10.2. The third-order valence-electron chi connectivity index (χ3n) is 3.79. The first-order valence-electron chi connectivity index (χ1n) is 6.38. The molecule has 5 heteroatoms. The fourth-order valence-corrected chi connectivity index (χ4v) is 2.73. The summed E-state index contributed by atoms with van der Waals surface area (Å²) >= 11 is 1.51. The zero-order chi connectivity index (χ0) is 11.7. The monoisotopic (exact) mass is 253 g/mol. The van der Waals surface area contributed by atoms with Crippen LogP contribution in [-0.4, -0.2) is 29.6 Å². The molecule has 0 saturated heterocycles. The van der Waals surface area contributed by atoms with E-state index in [-0.39, 0.29) is 0 Å². The number of nitrogens with zero attached hydrogens (tertiary/aromatic N) is 2. The van der Waals surface area contributed by atoms with Gasteiger partial charge in [0.15, 0.2) is 0 Å². The molecule has 3 rings (SSSR count). The highest BCUT2D eigenvalue weighted by molar-refractivity contribution is 7.09. The molecule has 2 fully saturated rings. The van der Waals surface area contributed by atoms with E-state index in [1.165, 1.54) is 37.2 Å². The third kappa shape index (κ3) is 2.77. The minimum absolute atomic E-state index is 0.474. The number of hydrogen-bond donors (Lipinski definition) is 1. The Morgan fingerprint density at radius 1 is 1.47 bits per heavy atom. The van der Waals surface area contributed by atoms with Gasteiger partial charge in [-0.1, -0.05) is 0 Å². The minimum Gasteiger partial charge on any atom is -0.385 e. The summed E-state index contributed by atoms with van der Waals surface area (Å²) in [5.41, 5.74) is 0.474. The molecule has 0 radical (unpaired) electrons. The lowest BCUT2D eigenvalue weighted by molar-refractivity contribution is 0.175. The molecular formula is C12H19N3OS. The zero-order valence-corrected chi connectivity index (χ0v) is 11.1. The van der Waals surface area contributed by atoms with E-state index in [4.69, 9.17) is 4.74 Å². The van der Waals surface area contributed by atoms with Crippen LogP contribution in [0.2, 0.25) is 0 Å². The van der Waals surface area contributed by atoms with Crippen molar-refractivity contribution in [3.63, 3.8) is 0 Å². The average molecular weight is 253 g/mol. The van der Waals surface area contributed by atoms with Crippen LogP contribution in [0.25, 0.3) is 0 Å². The normalized spacial score (nSPS) is 21.5. The van der Waals surface area contributed by atoms with Crippen LogP contribution < -0.4 is 5.32 Å². The lowest BCUT2D eigenvalue weighted by Crippen LogP contribution is -2.17. The van der Waals surface area contributed by atoms with Gasteiger partial charge in [0, 0.05) is 37.7 Å². The SMILES string of the molecule is COCCC1(CNc2nc(C3CC3)ns2)CC1. The van der Waals surface area contributed by atoms with Crippen molar-refractivity contribution in [2.24, 2.45) is 5.41 Å². The average Bonchev–Trinajstić information content (AvgIpc) is 3.26. The van der Waals surface area contributed by atoms with Crippen molar-refractivity contribution in [2.75, 3.05) is 25.6 Å². The Balaban J connectivity index is 1.49. The van der Waals surface area contributed by atoms with E-state index in [1.807, 2.05) is 0 Å². The van der Waals surface area contributed by atoms with E-state index in [0.29, 0.717) is 11.3 Å². The van der Waals surface area contributed by atoms with Gasteiger partial charge in [-0.05, 0) is 37.5 Å². The van der Waals surface area contributed by atoms with Gasteiger partial charge in [0.05, 0.1) is 0 Å². The highest BCUT2D eigenvalue weighted by Gasteiger charge is 2.42. The van der Waals surface area contributed by atoms with E-state index < -0.39 is 0 Å². The van der Waals surface area contributed by atoms with Crippen LogP contribution in [0.1, 0.15) is 43.8 Å². The molecule has 1 heterocycles. The van der Waals surface area contributed by atoms with Crippen molar-refractivity contribution in [1.82, 2.24) is 9.36 Å². The molecule has 0 aromatic carbocycles. The first-order valence-corrected chi connectivity index (χ1v) is 7.15. The molecule has 94 valence electrons. The van der Waals surface area contributed by atoms with Gasteiger partial charge in [-0.25, -0.2) is 4.98 Å². The number of rotatable bonds is 7. The molecule has 0 atom stereocenters. The van der Waals surface area contributed by atoms with Crippen LogP contribution in [0.4, 0.5) is 5.13 Å². The first kappa shape index (κ1) is 11.4. The van der Waals surface area contributed by atoms with Crippen LogP contribution in [0, 0.1) is 5.41 Å². The second-order valence-corrected chi connectivity index (χ2v) is 6.08. The molecule has 1 aromatic heterocycles. The number of anilines is 1. The van der Waals surface area contributed by atoms with Gasteiger partial charge in [0.2, 0.25) is 5.13 Å². The molecular weight excluding hydrogens is 234 g/mol. The summed E-state index contributed by atoms with van der Waals surface area (Å²) in [6, 6.07) is 0. The second kappa shape index (κ2) is 4.53. The standard InChI is InChI=1S/C12H19N3OS/c1-16-7-6-12(4-5-12)8-13-11-14-10(15-17-11)9-2-3-9/h9H,2-8H2,1H3,(H,13,14,15). The van der Waals surface area contributed by atoms with Crippen LogP contribution in [0.5, 0.6) is 0 Å². The molecule has 0 bridgehead atoms. The Morgan fingerprint density at radius 2 is 2.29 bits per heavy atom. The van der Waals surface area contributed by atoms with E-state index in [1.54, 1.807) is 7.11 Å². The molecule has 0 unspecified atom stereocenters. The molecule has 17 heavy (non-hydrogen) atoms. The van der Waals surface area contributed by atoms with Gasteiger partial charge in [-0.3, -0.25) is 0 Å². The maximum atomic E-state index is 5.16. The maximum Gasteiger partial charge on any atom is 0.202 e. The van der Waals surface area contributed by atoms with E-state index >= 15 is 0 Å². The predicted octanol–water partition coefficient (Wildman–Crippen LogP) is 2.64. The van der Waals surface area contributed by atoms with Crippen molar-refractivity contribution in [2.45, 2.75) is 38.0 Å². The third-order valence-corrected chi connectivity index (χ3v) is 4.48. The molecule has 1 aromatic rings. The van der Waals surface area contributed by atoms with E-state index in [9.17, 15) is 0 Å². The van der Waals surface area contributed by atoms with Crippen molar-refractivity contribution in [3.05, 3.63) is 5.82 Å². The summed E-state index contributed by atoms with van der Waals surface area (Å²) in [7, 11) is 1.77. The number of nitrogens with one attached hydrogen (secondary N) is 1. The smallest absolute Gasteiger partial charge is 0.202 e. The van der Waals surface area contributed by atoms with Gasteiger partial charge >= 0.3 is 0 Å². The molecule has 1 N–H and O–H groups in total. The molecule has 0 amide bonds. The summed E-state index contributed by atoms with van der Waals surface area (Å²) in [6.07, 6.45) is 6.34. The van der Waals surface area contributed by atoms with E-state index in [2.05, 4.69) is 14.7 Å². The topological polar surface area (TPSA) is 47.0 Å². The largest absolute Gasteiger partial charge is 0.385 e. The number of methoxy groups -OCH3 is 1. The van der Waals surface area contributed by atoms with Gasteiger partial charge < -0.3 is 10.1 Å². The Hall–Kier alpha value is -0.680. The molecule has 0 spiro atoms. The summed E-state index contributed by atoms with van der Waals surface area (Å²) in [6.45, 7) is 1.89. The first-order chi connectivity index (χ1) is 8.31. The van der Waals surface area contributed by atoms with Gasteiger partial charge in [-0.2, -0.15) is 4.37 Å². The molecule has 2 aliphatic rings. The van der Waals surface area contributed by atoms with Crippen LogP contribution in [0.3, 0.4) is 0 Å². The number of aromatic nitrogens is 2. The predicted molar refractivity (Wildman–Crippen MR) is 68.5 cm³/mol. The highest BCUT2D eigenvalue weighted by atomic mass is 32.1. The molecule has 2 aliphatic carbocycles. The van der Waals surface area contributed by atoms with Gasteiger partial charge in [0.1, 0.15) is 5.82 Å². The Labute approximate surface area is 106 Å². The maximum absolute atomic E-state index is 5.16. The number of ether oxygens (including phenoxy) is 1. The van der Waals surface area contributed by atoms with Crippen molar-refractivity contribution < 1.29 is 4.74 Å². The van der Waals surface area contributed by atoms with Crippen molar-refractivity contribution >= 4 is 16.7 Å².